The number of hydrogen-bond acceptors (Lipinski definition) is 2. The van der Waals surface area contributed by atoms with E-state index in [1.54, 1.807) is 0 Å². The molecule has 2 aliphatic rings. The number of benzene rings is 1. The summed E-state index contributed by atoms with van der Waals surface area (Å²) in [5, 5.41) is 0. The second-order valence-electron chi connectivity index (χ2n) is 5.65. The van der Waals surface area contributed by atoms with E-state index in [0.29, 0.717) is 12.7 Å². The topological polar surface area (TPSA) is 18.5 Å². The molecule has 1 aliphatic heterocycles. The molecule has 0 bridgehead atoms. The molecule has 0 amide bonds. The van der Waals surface area contributed by atoms with Crippen molar-refractivity contribution in [2.45, 2.75) is 56.7 Å². The lowest BCUT2D eigenvalue weighted by molar-refractivity contribution is -0.0748. The molecule has 3 rings (SSSR count). The Balaban J connectivity index is 1.50. The predicted molar refractivity (Wildman–Crippen MR) is 71.9 cm³/mol. The first kappa shape index (κ1) is 12.0. The highest BCUT2D eigenvalue weighted by Gasteiger charge is 2.40. The van der Waals surface area contributed by atoms with Gasteiger partial charge in [-0.25, -0.2) is 0 Å². The van der Waals surface area contributed by atoms with E-state index >= 15 is 0 Å². The van der Waals surface area contributed by atoms with Crippen LogP contribution in [-0.4, -0.2) is 18.3 Å². The summed E-state index contributed by atoms with van der Waals surface area (Å²) in [5.41, 5.74) is 0.211. The van der Waals surface area contributed by atoms with E-state index in [1.165, 1.54) is 38.5 Å². The quantitative estimate of drug-likeness (QED) is 0.804. The van der Waals surface area contributed by atoms with E-state index in [9.17, 15) is 0 Å². The van der Waals surface area contributed by atoms with Gasteiger partial charge in [0.15, 0.2) is 0 Å². The molecular weight excluding hydrogens is 224 g/mol. The van der Waals surface area contributed by atoms with Crippen molar-refractivity contribution in [3.63, 3.8) is 0 Å². The van der Waals surface area contributed by atoms with Crippen LogP contribution in [0.4, 0.5) is 0 Å². The standard InChI is InChI=1S/C16H22O2/c1-3-7-14(8-4-1)17-13-15-9-12-16(18-15)10-5-2-6-11-16/h1,3-4,7-8,15H,2,5-6,9-13H2. The molecule has 0 aromatic heterocycles. The van der Waals surface area contributed by atoms with Gasteiger partial charge in [-0.15, -0.1) is 0 Å². The van der Waals surface area contributed by atoms with Crippen LogP contribution in [0.2, 0.25) is 0 Å². The highest BCUT2D eigenvalue weighted by atomic mass is 16.6. The molecule has 1 aromatic carbocycles. The lowest BCUT2D eigenvalue weighted by Gasteiger charge is -2.33. The highest BCUT2D eigenvalue weighted by Crippen LogP contribution is 2.41. The van der Waals surface area contributed by atoms with Gasteiger partial charge in [0.1, 0.15) is 12.4 Å². The van der Waals surface area contributed by atoms with Crippen molar-refractivity contribution in [2.24, 2.45) is 0 Å². The summed E-state index contributed by atoms with van der Waals surface area (Å²) in [7, 11) is 0. The Morgan fingerprint density at radius 3 is 2.61 bits per heavy atom. The zero-order valence-corrected chi connectivity index (χ0v) is 10.9. The number of hydrogen-bond donors (Lipinski definition) is 0. The van der Waals surface area contributed by atoms with Crippen LogP contribution in [0.15, 0.2) is 30.3 Å². The van der Waals surface area contributed by atoms with Crippen molar-refractivity contribution in [3.8, 4) is 5.75 Å². The van der Waals surface area contributed by atoms with Gasteiger partial charge in [0, 0.05) is 0 Å². The summed E-state index contributed by atoms with van der Waals surface area (Å²) in [6.45, 7) is 0.700. The van der Waals surface area contributed by atoms with Crippen LogP contribution in [0.25, 0.3) is 0 Å². The van der Waals surface area contributed by atoms with E-state index in [4.69, 9.17) is 9.47 Å². The van der Waals surface area contributed by atoms with Gasteiger partial charge in [-0.1, -0.05) is 37.5 Å². The minimum absolute atomic E-state index is 0.211. The number of para-hydroxylation sites is 1. The molecule has 1 heterocycles. The van der Waals surface area contributed by atoms with Gasteiger partial charge in [0.2, 0.25) is 0 Å². The molecule has 2 heteroatoms. The highest BCUT2D eigenvalue weighted by molar-refractivity contribution is 5.20. The minimum atomic E-state index is 0.211. The van der Waals surface area contributed by atoms with Gasteiger partial charge in [-0.05, 0) is 37.8 Å². The fourth-order valence-electron chi connectivity index (χ4n) is 3.28. The molecule has 2 fully saturated rings. The monoisotopic (exact) mass is 246 g/mol. The van der Waals surface area contributed by atoms with E-state index in [-0.39, 0.29) is 5.60 Å². The van der Waals surface area contributed by atoms with Gasteiger partial charge in [0.25, 0.3) is 0 Å². The Kier molecular flexibility index (Phi) is 3.55. The average Bonchev–Trinajstić information content (AvgIpc) is 2.82. The Labute approximate surface area is 109 Å². The lowest BCUT2D eigenvalue weighted by atomic mass is 9.83. The Bertz CT molecular complexity index is 368. The maximum Gasteiger partial charge on any atom is 0.119 e. The van der Waals surface area contributed by atoms with Crippen LogP contribution in [0.3, 0.4) is 0 Å². The van der Waals surface area contributed by atoms with E-state index in [0.717, 1.165) is 12.2 Å². The summed E-state index contributed by atoms with van der Waals surface area (Å²) < 4.78 is 12.1. The molecule has 0 N–H and O–H groups in total. The Hall–Kier alpha value is -1.02. The van der Waals surface area contributed by atoms with E-state index in [1.807, 2.05) is 30.3 Å². The van der Waals surface area contributed by atoms with Crippen molar-refractivity contribution in [2.75, 3.05) is 6.61 Å². The molecule has 2 nitrogen and oxygen atoms in total. The average molecular weight is 246 g/mol. The molecule has 1 atom stereocenters. The van der Waals surface area contributed by atoms with Crippen LogP contribution >= 0.6 is 0 Å². The lowest BCUT2D eigenvalue weighted by Crippen LogP contribution is -2.32. The number of rotatable bonds is 3. The molecule has 1 unspecified atom stereocenters. The third-order valence-electron chi connectivity index (χ3n) is 4.28. The summed E-state index contributed by atoms with van der Waals surface area (Å²) in [4.78, 5) is 0. The fraction of sp³-hybridized carbons (Fsp3) is 0.625. The van der Waals surface area contributed by atoms with Gasteiger partial charge in [-0.2, -0.15) is 0 Å². The van der Waals surface area contributed by atoms with Crippen molar-refractivity contribution >= 4 is 0 Å². The van der Waals surface area contributed by atoms with Crippen LogP contribution in [-0.2, 0) is 4.74 Å². The molecule has 1 aromatic rings. The zero-order valence-electron chi connectivity index (χ0n) is 10.9. The zero-order chi connectivity index (χ0) is 12.3. The molecule has 98 valence electrons. The van der Waals surface area contributed by atoms with Crippen molar-refractivity contribution < 1.29 is 9.47 Å². The van der Waals surface area contributed by atoms with Crippen LogP contribution in [0.1, 0.15) is 44.9 Å². The summed E-state index contributed by atoms with van der Waals surface area (Å²) in [5.74, 6) is 0.950. The molecule has 1 saturated heterocycles. The molecule has 0 radical (unpaired) electrons. The predicted octanol–water partition coefficient (Wildman–Crippen LogP) is 3.95. The van der Waals surface area contributed by atoms with Gasteiger partial charge < -0.3 is 9.47 Å². The first-order chi connectivity index (χ1) is 8.86. The maximum atomic E-state index is 6.29. The Morgan fingerprint density at radius 2 is 1.83 bits per heavy atom. The molecule has 1 spiro atoms. The van der Waals surface area contributed by atoms with Crippen LogP contribution in [0, 0.1) is 0 Å². The fourth-order valence-corrected chi connectivity index (χ4v) is 3.28. The van der Waals surface area contributed by atoms with Crippen molar-refractivity contribution in [1.29, 1.82) is 0 Å². The summed E-state index contributed by atoms with van der Waals surface area (Å²) in [6, 6.07) is 10.0. The molecule has 1 aliphatic carbocycles. The van der Waals surface area contributed by atoms with Crippen LogP contribution < -0.4 is 4.74 Å². The number of ether oxygens (including phenoxy) is 2. The molecular formula is C16H22O2. The van der Waals surface area contributed by atoms with E-state index in [2.05, 4.69) is 0 Å². The molecule has 18 heavy (non-hydrogen) atoms. The first-order valence-electron chi connectivity index (χ1n) is 7.22. The van der Waals surface area contributed by atoms with Crippen LogP contribution in [0.5, 0.6) is 5.75 Å². The minimum Gasteiger partial charge on any atom is -0.491 e. The second-order valence-corrected chi connectivity index (χ2v) is 5.65. The Morgan fingerprint density at radius 1 is 1.06 bits per heavy atom. The summed E-state index contributed by atoms with van der Waals surface area (Å²) in [6.07, 6.45) is 9.27. The SMILES string of the molecule is c1ccc(OCC2CCC3(CCCCC3)O2)cc1. The summed E-state index contributed by atoms with van der Waals surface area (Å²) >= 11 is 0. The smallest absolute Gasteiger partial charge is 0.119 e. The molecule has 1 saturated carbocycles. The van der Waals surface area contributed by atoms with Gasteiger partial charge in [-0.3, -0.25) is 0 Å². The normalized spacial score (nSPS) is 26.3. The second kappa shape index (κ2) is 5.31. The third kappa shape index (κ3) is 2.69. The van der Waals surface area contributed by atoms with Gasteiger partial charge >= 0.3 is 0 Å². The van der Waals surface area contributed by atoms with E-state index < -0.39 is 0 Å². The third-order valence-corrected chi connectivity index (χ3v) is 4.28. The van der Waals surface area contributed by atoms with Crippen molar-refractivity contribution in [1.82, 2.24) is 0 Å². The first-order valence-corrected chi connectivity index (χ1v) is 7.22. The van der Waals surface area contributed by atoms with Crippen molar-refractivity contribution in [3.05, 3.63) is 30.3 Å². The maximum absolute atomic E-state index is 6.29. The van der Waals surface area contributed by atoms with Gasteiger partial charge in [0.05, 0.1) is 11.7 Å². The largest absolute Gasteiger partial charge is 0.491 e.